The van der Waals surface area contributed by atoms with Gasteiger partial charge in [0, 0.05) is 10.7 Å². The number of benzene rings is 1. The molecule has 0 aliphatic rings. The second-order valence-corrected chi connectivity index (χ2v) is 3.65. The van der Waals surface area contributed by atoms with Gasteiger partial charge < -0.3 is 5.73 Å². The molecule has 2 aromatic rings. The lowest BCUT2D eigenvalue weighted by atomic mass is 10.2. The molecular weight excluding hydrogens is 214 g/mol. The number of halogens is 1. The first-order valence-corrected chi connectivity index (χ1v) is 4.81. The van der Waals surface area contributed by atoms with Gasteiger partial charge in [0.2, 0.25) is 0 Å². The van der Waals surface area contributed by atoms with Crippen LogP contribution in [0.1, 0.15) is 11.4 Å². The highest BCUT2D eigenvalue weighted by atomic mass is 35.5. The Labute approximate surface area is 91.8 Å². The molecule has 15 heavy (non-hydrogen) atoms. The van der Waals surface area contributed by atoms with E-state index in [-0.39, 0.29) is 0 Å². The van der Waals surface area contributed by atoms with Gasteiger partial charge in [-0.2, -0.15) is 4.80 Å². The van der Waals surface area contributed by atoms with Crippen LogP contribution in [0.5, 0.6) is 0 Å². The standard InChI is InChI=1S/C9H10ClN5/c1-6-12-14-15(13-6)5-7-2-3-8(10)4-9(7)11/h2-4H,5,11H2,1H3. The van der Waals surface area contributed by atoms with Crippen LogP contribution >= 0.6 is 11.6 Å². The molecule has 78 valence electrons. The van der Waals surface area contributed by atoms with E-state index < -0.39 is 0 Å². The minimum absolute atomic E-state index is 0.504. The van der Waals surface area contributed by atoms with Crippen LogP contribution in [0.4, 0.5) is 5.69 Å². The van der Waals surface area contributed by atoms with Crippen LogP contribution in [0, 0.1) is 6.92 Å². The highest BCUT2D eigenvalue weighted by Gasteiger charge is 2.03. The topological polar surface area (TPSA) is 69.6 Å². The molecule has 1 heterocycles. The minimum atomic E-state index is 0.504. The number of nitrogens with two attached hydrogens (primary N) is 1. The zero-order valence-electron chi connectivity index (χ0n) is 8.18. The average molecular weight is 224 g/mol. The van der Waals surface area contributed by atoms with E-state index in [4.69, 9.17) is 17.3 Å². The summed E-state index contributed by atoms with van der Waals surface area (Å²) in [5.74, 6) is 0.641. The van der Waals surface area contributed by atoms with E-state index in [0.29, 0.717) is 23.1 Å². The average Bonchev–Trinajstić information content (AvgIpc) is 2.56. The van der Waals surface area contributed by atoms with Crippen molar-refractivity contribution in [2.45, 2.75) is 13.5 Å². The smallest absolute Gasteiger partial charge is 0.171 e. The number of hydrogen-bond acceptors (Lipinski definition) is 4. The second-order valence-electron chi connectivity index (χ2n) is 3.21. The molecule has 0 radical (unpaired) electrons. The van der Waals surface area contributed by atoms with Crippen LogP contribution in [0.2, 0.25) is 5.02 Å². The Bertz CT molecular complexity index is 479. The van der Waals surface area contributed by atoms with Crippen molar-refractivity contribution in [2.75, 3.05) is 5.73 Å². The van der Waals surface area contributed by atoms with Gasteiger partial charge >= 0.3 is 0 Å². The van der Waals surface area contributed by atoms with Gasteiger partial charge in [0.1, 0.15) is 0 Å². The van der Waals surface area contributed by atoms with Gasteiger partial charge in [-0.25, -0.2) is 0 Å². The highest BCUT2D eigenvalue weighted by Crippen LogP contribution is 2.18. The Morgan fingerprint density at radius 3 is 2.87 bits per heavy atom. The van der Waals surface area contributed by atoms with E-state index >= 15 is 0 Å². The molecule has 0 saturated heterocycles. The summed E-state index contributed by atoms with van der Waals surface area (Å²) in [5, 5.41) is 12.3. The van der Waals surface area contributed by atoms with Crippen molar-refractivity contribution < 1.29 is 0 Å². The van der Waals surface area contributed by atoms with Crippen LogP contribution in [-0.2, 0) is 6.54 Å². The van der Waals surface area contributed by atoms with Gasteiger partial charge in [0.25, 0.3) is 0 Å². The maximum atomic E-state index is 5.80. The van der Waals surface area contributed by atoms with Gasteiger partial charge in [-0.05, 0) is 29.8 Å². The summed E-state index contributed by atoms with van der Waals surface area (Å²) in [6.07, 6.45) is 0. The molecule has 1 aromatic carbocycles. The predicted octanol–water partition coefficient (Wildman–Crippen LogP) is 1.27. The number of aromatic nitrogens is 4. The molecule has 0 spiro atoms. The molecule has 0 unspecified atom stereocenters. The number of nitrogen functional groups attached to an aromatic ring is 1. The third-order valence-corrected chi connectivity index (χ3v) is 2.21. The van der Waals surface area contributed by atoms with Crippen LogP contribution in [0.25, 0.3) is 0 Å². The monoisotopic (exact) mass is 223 g/mol. The summed E-state index contributed by atoms with van der Waals surface area (Å²) < 4.78 is 0. The van der Waals surface area contributed by atoms with E-state index in [1.54, 1.807) is 19.1 Å². The molecule has 0 saturated carbocycles. The van der Waals surface area contributed by atoms with Gasteiger partial charge in [-0.3, -0.25) is 0 Å². The first-order valence-electron chi connectivity index (χ1n) is 4.43. The van der Waals surface area contributed by atoms with Crippen molar-refractivity contribution in [1.29, 1.82) is 0 Å². The van der Waals surface area contributed by atoms with Crippen LogP contribution in [-0.4, -0.2) is 20.2 Å². The third-order valence-electron chi connectivity index (χ3n) is 1.97. The summed E-state index contributed by atoms with van der Waals surface area (Å²) >= 11 is 5.79. The zero-order chi connectivity index (χ0) is 10.8. The summed E-state index contributed by atoms with van der Waals surface area (Å²) in [7, 11) is 0. The molecular formula is C9H10ClN5. The lowest BCUT2D eigenvalue weighted by Crippen LogP contribution is -2.06. The fraction of sp³-hybridized carbons (Fsp3) is 0.222. The van der Waals surface area contributed by atoms with Crippen molar-refractivity contribution >= 4 is 17.3 Å². The normalized spacial score (nSPS) is 10.5. The Hall–Kier alpha value is -1.62. The van der Waals surface area contributed by atoms with Crippen LogP contribution in [0.15, 0.2) is 18.2 Å². The number of anilines is 1. The fourth-order valence-corrected chi connectivity index (χ4v) is 1.43. The Kier molecular flexibility index (Phi) is 2.55. The summed E-state index contributed by atoms with van der Waals surface area (Å²) in [5.41, 5.74) is 7.37. The molecule has 1 aromatic heterocycles. The number of rotatable bonds is 2. The molecule has 6 heteroatoms. The predicted molar refractivity (Wildman–Crippen MR) is 57.5 cm³/mol. The lowest BCUT2D eigenvalue weighted by molar-refractivity contribution is 0.572. The maximum Gasteiger partial charge on any atom is 0.171 e. The molecule has 0 atom stereocenters. The van der Waals surface area contributed by atoms with Crippen molar-refractivity contribution in [1.82, 2.24) is 20.2 Å². The van der Waals surface area contributed by atoms with E-state index in [0.717, 1.165) is 5.56 Å². The third kappa shape index (κ3) is 2.24. The van der Waals surface area contributed by atoms with E-state index in [1.807, 2.05) is 6.07 Å². The fourth-order valence-electron chi connectivity index (χ4n) is 1.25. The van der Waals surface area contributed by atoms with Crippen molar-refractivity contribution in [3.8, 4) is 0 Å². The Balaban J connectivity index is 2.24. The molecule has 2 N–H and O–H groups in total. The van der Waals surface area contributed by atoms with Gasteiger partial charge in [-0.1, -0.05) is 17.7 Å². The van der Waals surface area contributed by atoms with Crippen molar-refractivity contribution in [2.24, 2.45) is 0 Å². The van der Waals surface area contributed by atoms with Crippen molar-refractivity contribution in [3.05, 3.63) is 34.6 Å². The highest BCUT2D eigenvalue weighted by molar-refractivity contribution is 6.30. The SMILES string of the molecule is Cc1nnn(Cc2ccc(Cl)cc2N)n1. The quantitative estimate of drug-likeness (QED) is 0.779. The first kappa shape index (κ1) is 9.92. The summed E-state index contributed by atoms with van der Waals surface area (Å²) in [4.78, 5) is 1.49. The molecule has 0 amide bonds. The van der Waals surface area contributed by atoms with E-state index in [2.05, 4.69) is 15.4 Å². The zero-order valence-corrected chi connectivity index (χ0v) is 8.94. The molecule has 0 aliphatic carbocycles. The number of nitrogens with zero attached hydrogens (tertiary/aromatic N) is 4. The molecule has 5 nitrogen and oxygen atoms in total. The summed E-state index contributed by atoms with van der Waals surface area (Å²) in [6, 6.07) is 5.36. The molecule has 0 fully saturated rings. The Morgan fingerprint density at radius 2 is 2.27 bits per heavy atom. The van der Waals surface area contributed by atoms with Gasteiger partial charge in [-0.15, -0.1) is 10.2 Å². The van der Waals surface area contributed by atoms with E-state index in [1.165, 1.54) is 4.80 Å². The van der Waals surface area contributed by atoms with Gasteiger partial charge in [0.15, 0.2) is 5.82 Å². The minimum Gasteiger partial charge on any atom is -0.398 e. The maximum absolute atomic E-state index is 5.80. The summed E-state index contributed by atoms with van der Waals surface area (Å²) in [6.45, 7) is 2.29. The largest absolute Gasteiger partial charge is 0.398 e. The van der Waals surface area contributed by atoms with Crippen LogP contribution < -0.4 is 5.73 Å². The van der Waals surface area contributed by atoms with E-state index in [9.17, 15) is 0 Å². The molecule has 2 rings (SSSR count). The van der Waals surface area contributed by atoms with Crippen molar-refractivity contribution in [3.63, 3.8) is 0 Å². The lowest BCUT2D eigenvalue weighted by Gasteiger charge is -2.04. The number of hydrogen-bond donors (Lipinski definition) is 1. The van der Waals surface area contributed by atoms with Gasteiger partial charge in [0.05, 0.1) is 6.54 Å². The number of aryl methyl sites for hydroxylation is 1. The Morgan fingerprint density at radius 1 is 1.47 bits per heavy atom. The van der Waals surface area contributed by atoms with Crippen LogP contribution in [0.3, 0.4) is 0 Å². The second kappa shape index (κ2) is 3.86. The number of tetrazole rings is 1. The molecule has 0 bridgehead atoms. The first-order chi connectivity index (χ1) is 7.15. The molecule has 0 aliphatic heterocycles.